The molecular weight excluding hydrogens is 569 g/mol. The first kappa shape index (κ1) is 29.9. The van der Waals surface area contributed by atoms with E-state index in [9.17, 15) is 18.0 Å². The summed E-state index contributed by atoms with van der Waals surface area (Å²) in [6.45, 7) is 3.18. The number of nitrogens with one attached hydrogen (secondary N) is 1. The van der Waals surface area contributed by atoms with Crippen LogP contribution in [0.1, 0.15) is 43.7 Å². The van der Waals surface area contributed by atoms with E-state index < -0.39 is 28.5 Å². The highest BCUT2D eigenvalue weighted by Gasteiger charge is 2.34. The second-order valence-electron chi connectivity index (χ2n) is 10.0. The number of benzene rings is 3. The normalized spacial score (nSPS) is 14.5. The first-order chi connectivity index (χ1) is 19.1. The Kier molecular flexibility index (Phi) is 9.77. The lowest BCUT2D eigenvalue weighted by Crippen LogP contribution is -2.52. The third-order valence-corrected chi connectivity index (χ3v) is 9.57. The maximum atomic E-state index is 14.1. The number of sulfonamides is 1. The summed E-state index contributed by atoms with van der Waals surface area (Å²) < 4.78 is 28.7. The first-order valence-electron chi connectivity index (χ1n) is 13.2. The van der Waals surface area contributed by atoms with Crippen molar-refractivity contribution in [3.05, 3.63) is 94.0 Å². The summed E-state index contributed by atoms with van der Waals surface area (Å²) in [6.07, 6.45) is 3.92. The summed E-state index contributed by atoms with van der Waals surface area (Å²) in [7, 11) is -4.21. The van der Waals surface area contributed by atoms with Gasteiger partial charge in [-0.15, -0.1) is 0 Å². The molecule has 0 heterocycles. The Balaban J connectivity index is 1.71. The van der Waals surface area contributed by atoms with Gasteiger partial charge in [0.2, 0.25) is 11.8 Å². The van der Waals surface area contributed by atoms with Crippen molar-refractivity contribution in [1.82, 2.24) is 10.2 Å². The van der Waals surface area contributed by atoms with Crippen LogP contribution in [0.15, 0.2) is 77.7 Å². The zero-order chi connectivity index (χ0) is 28.9. The molecule has 0 aliphatic heterocycles. The maximum Gasteiger partial charge on any atom is 0.264 e. The molecular formula is C30H33Cl2N3O4S. The van der Waals surface area contributed by atoms with Gasteiger partial charge < -0.3 is 10.2 Å². The van der Waals surface area contributed by atoms with E-state index in [1.165, 1.54) is 35.2 Å². The Morgan fingerprint density at radius 2 is 1.62 bits per heavy atom. The molecule has 0 radical (unpaired) electrons. The summed E-state index contributed by atoms with van der Waals surface area (Å²) in [4.78, 5) is 28.8. The molecule has 0 spiro atoms. The van der Waals surface area contributed by atoms with Gasteiger partial charge in [-0.3, -0.25) is 13.9 Å². The lowest BCUT2D eigenvalue weighted by Gasteiger charge is -2.33. The van der Waals surface area contributed by atoms with Crippen molar-refractivity contribution in [1.29, 1.82) is 0 Å². The van der Waals surface area contributed by atoms with Gasteiger partial charge in [-0.25, -0.2) is 8.42 Å². The molecule has 1 fully saturated rings. The second-order valence-corrected chi connectivity index (χ2v) is 12.7. The molecule has 1 aliphatic rings. The number of halogens is 2. The molecule has 0 bridgehead atoms. The van der Waals surface area contributed by atoms with Crippen molar-refractivity contribution in [2.75, 3.05) is 10.8 Å². The fourth-order valence-corrected chi connectivity index (χ4v) is 6.88. The van der Waals surface area contributed by atoms with Gasteiger partial charge >= 0.3 is 0 Å². The Hall–Kier alpha value is -3.07. The Morgan fingerprint density at radius 1 is 0.975 bits per heavy atom. The lowest BCUT2D eigenvalue weighted by molar-refractivity contribution is -0.139. The smallest absolute Gasteiger partial charge is 0.264 e. The lowest BCUT2D eigenvalue weighted by atomic mass is 10.1. The van der Waals surface area contributed by atoms with Crippen molar-refractivity contribution < 1.29 is 18.0 Å². The average molecular weight is 603 g/mol. The summed E-state index contributed by atoms with van der Waals surface area (Å²) in [5.41, 5.74) is 1.93. The molecule has 1 atom stereocenters. The number of aryl methyl sites for hydroxylation is 1. The molecule has 1 saturated carbocycles. The fraction of sp³-hybridized carbons (Fsp3) is 0.333. The van der Waals surface area contributed by atoms with Crippen molar-refractivity contribution in [2.45, 2.75) is 63.1 Å². The van der Waals surface area contributed by atoms with Gasteiger partial charge in [0.05, 0.1) is 15.6 Å². The van der Waals surface area contributed by atoms with Gasteiger partial charge in [-0.2, -0.15) is 0 Å². The zero-order valence-corrected chi connectivity index (χ0v) is 24.8. The molecule has 0 aromatic heterocycles. The van der Waals surface area contributed by atoms with Crippen molar-refractivity contribution >= 4 is 50.7 Å². The fourth-order valence-electron chi connectivity index (χ4n) is 4.86. The Labute approximate surface area is 246 Å². The number of anilines is 1. The molecule has 10 heteroatoms. The quantitative estimate of drug-likeness (QED) is 0.310. The van der Waals surface area contributed by atoms with Gasteiger partial charge in [0.1, 0.15) is 12.6 Å². The monoisotopic (exact) mass is 601 g/mol. The maximum absolute atomic E-state index is 14.1. The largest absolute Gasteiger partial charge is 0.352 e. The number of carbonyl (C=O) groups excluding carboxylic acids is 2. The molecule has 3 aromatic rings. The van der Waals surface area contributed by atoms with E-state index in [1.54, 1.807) is 25.1 Å². The van der Waals surface area contributed by atoms with Crippen LogP contribution in [0.4, 0.5) is 5.69 Å². The van der Waals surface area contributed by atoms with Crippen LogP contribution >= 0.6 is 23.2 Å². The molecule has 40 heavy (non-hydrogen) atoms. The minimum atomic E-state index is -4.21. The minimum absolute atomic E-state index is 0.00583. The molecule has 212 valence electrons. The average Bonchev–Trinajstić information content (AvgIpc) is 3.44. The standard InChI is InChI=1S/C30H33Cl2N3O4S/c1-21-10-6-7-11-23(21)19-34(22(2)30(37)33-25-12-8-9-13-25)29(36)20-35(28-17-16-24(31)18-27(28)32)40(38,39)26-14-4-3-5-15-26/h3-7,10-11,14-18,22,25H,8-9,12-13,19-20H2,1-2H3,(H,33,37)/t22-/m0/s1. The third-order valence-electron chi connectivity index (χ3n) is 7.26. The van der Waals surface area contributed by atoms with E-state index in [2.05, 4.69) is 5.32 Å². The number of nitrogens with zero attached hydrogens (tertiary/aromatic N) is 2. The number of amides is 2. The molecule has 0 unspecified atom stereocenters. The number of rotatable bonds is 10. The summed E-state index contributed by atoms with van der Waals surface area (Å²) in [6, 6.07) is 19.1. The van der Waals surface area contributed by atoms with E-state index in [0.29, 0.717) is 5.02 Å². The van der Waals surface area contributed by atoms with Crippen LogP contribution < -0.4 is 9.62 Å². The molecule has 1 N–H and O–H groups in total. The first-order valence-corrected chi connectivity index (χ1v) is 15.4. The van der Waals surface area contributed by atoms with Crippen LogP contribution in [0, 0.1) is 6.92 Å². The van der Waals surface area contributed by atoms with E-state index in [4.69, 9.17) is 23.2 Å². The third kappa shape index (κ3) is 6.97. The SMILES string of the molecule is Cc1ccccc1CN(C(=O)CN(c1ccc(Cl)cc1Cl)S(=O)(=O)c1ccccc1)[C@@H](C)C(=O)NC1CCCC1. The topological polar surface area (TPSA) is 86.8 Å². The molecule has 2 amide bonds. The van der Waals surface area contributed by atoms with Gasteiger partial charge in [-0.05, 0) is 68.1 Å². The van der Waals surface area contributed by atoms with E-state index in [0.717, 1.165) is 41.1 Å². The summed E-state index contributed by atoms with van der Waals surface area (Å²) in [5, 5.41) is 3.48. The Bertz CT molecular complexity index is 1460. The number of hydrogen-bond donors (Lipinski definition) is 1. The van der Waals surface area contributed by atoms with Gasteiger partial charge in [0.25, 0.3) is 10.0 Å². The van der Waals surface area contributed by atoms with E-state index in [1.807, 2.05) is 31.2 Å². The van der Waals surface area contributed by atoms with Crippen molar-refractivity contribution in [3.8, 4) is 0 Å². The van der Waals surface area contributed by atoms with E-state index in [-0.39, 0.29) is 34.1 Å². The molecule has 3 aromatic carbocycles. The summed E-state index contributed by atoms with van der Waals surface area (Å²) >= 11 is 12.5. The molecule has 1 aliphatic carbocycles. The number of hydrogen-bond acceptors (Lipinski definition) is 4. The van der Waals surface area contributed by atoms with Gasteiger partial charge in [-0.1, -0.05) is 78.5 Å². The van der Waals surface area contributed by atoms with Crippen molar-refractivity contribution in [2.24, 2.45) is 0 Å². The minimum Gasteiger partial charge on any atom is -0.352 e. The van der Waals surface area contributed by atoms with Crippen LogP contribution in [-0.4, -0.2) is 43.8 Å². The van der Waals surface area contributed by atoms with Gasteiger partial charge in [0.15, 0.2) is 0 Å². The highest BCUT2D eigenvalue weighted by atomic mass is 35.5. The predicted octanol–water partition coefficient (Wildman–Crippen LogP) is 5.97. The van der Waals surface area contributed by atoms with Crippen LogP contribution in [0.3, 0.4) is 0 Å². The van der Waals surface area contributed by atoms with Crippen LogP contribution in [0.2, 0.25) is 10.0 Å². The van der Waals surface area contributed by atoms with Crippen LogP contribution in [0.25, 0.3) is 0 Å². The summed E-state index contributed by atoms with van der Waals surface area (Å²) in [5.74, 6) is -0.807. The zero-order valence-electron chi connectivity index (χ0n) is 22.5. The van der Waals surface area contributed by atoms with Crippen LogP contribution in [0.5, 0.6) is 0 Å². The van der Waals surface area contributed by atoms with E-state index >= 15 is 0 Å². The second kappa shape index (κ2) is 13.1. The van der Waals surface area contributed by atoms with Gasteiger partial charge in [0, 0.05) is 17.6 Å². The highest BCUT2D eigenvalue weighted by molar-refractivity contribution is 7.92. The highest BCUT2D eigenvalue weighted by Crippen LogP contribution is 2.33. The number of carbonyl (C=O) groups is 2. The molecule has 7 nitrogen and oxygen atoms in total. The van der Waals surface area contributed by atoms with Crippen LogP contribution in [-0.2, 0) is 26.2 Å². The van der Waals surface area contributed by atoms with Crippen molar-refractivity contribution in [3.63, 3.8) is 0 Å². The molecule has 0 saturated heterocycles. The molecule has 4 rings (SSSR count). The Morgan fingerprint density at radius 3 is 2.27 bits per heavy atom. The predicted molar refractivity (Wildman–Crippen MR) is 159 cm³/mol.